The van der Waals surface area contributed by atoms with Crippen molar-refractivity contribution in [2.75, 3.05) is 12.3 Å². The van der Waals surface area contributed by atoms with Crippen molar-refractivity contribution >= 4 is 11.7 Å². The third-order valence-corrected chi connectivity index (χ3v) is 3.21. The van der Waals surface area contributed by atoms with E-state index in [-0.39, 0.29) is 23.5 Å². The van der Waals surface area contributed by atoms with E-state index in [1.54, 1.807) is 0 Å². The molecule has 0 aliphatic carbocycles. The molecule has 0 fully saturated rings. The molecule has 6 heteroatoms. The molecular formula is C14H14N4O2. The van der Waals surface area contributed by atoms with Crippen LogP contribution in [0.3, 0.4) is 0 Å². The number of rotatable bonds is 2. The minimum Gasteiger partial charge on any atom is -0.493 e. The molecule has 2 aromatic rings. The van der Waals surface area contributed by atoms with Crippen LogP contribution in [0.15, 0.2) is 36.7 Å². The fraction of sp³-hybridized carbons (Fsp3) is 0.214. The fourth-order valence-corrected chi connectivity index (χ4v) is 2.24. The van der Waals surface area contributed by atoms with Crippen molar-refractivity contribution in [1.29, 1.82) is 0 Å². The van der Waals surface area contributed by atoms with Crippen LogP contribution in [-0.2, 0) is 0 Å². The Kier molecular flexibility index (Phi) is 3.20. The van der Waals surface area contributed by atoms with Gasteiger partial charge in [0.15, 0.2) is 11.5 Å². The number of nitrogen functional groups attached to an aromatic ring is 1. The van der Waals surface area contributed by atoms with Gasteiger partial charge in [0.25, 0.3) is 5.91 Å². The Bertz CT molecular complexity index is 645. The number of benzene rings is 1. The van der Waals surface area contributed by atoms with E-state index in [9.17, 15) is 4.79 Å². The van der Waals surface area contributed by atoms with E-state index in [2.05, 4.69) is 15.3 Å². The fourth-order valence-electron chi connectivity index (χ4n) is 2.24. The number of anilines is 1. The first kappa shape index (κ1) is 12.4. The Morgan fingerprint density at radius 3 is 2.95 bits per heavy atom. The normalized spacial score (nSPS) is 16.9. The maximum Gasteiger partial charge on any atom is 0.274 e. The zero-order valence-corrected chi connectivity index (χ0v) is 10.7. The molecule has 102 valence electrons. The third-order valence-electron chi connectivity index (χ3n) is 3.21. The number of carbonyl (C=O) groups excluding carboxylic acids is 1. The van der Waals surface area contributed by atoms with Crippen LogP contribution in [0.5, 0.6) is 5.75 Å². The van der Waals surface area contributed by atoms with Gasteiger partial charge in [0.1, 0.15) is 5.75 Å². The first-order valence-electron chi connectivity index (χ1n) is 6.35. The second-order valence-electron chi connectivity index (χ2n) is 4.49. The molecule has 3 N–H and O–H groups in total. The summed E-state index contributed by atoms with van der Waals surface area (Å²) in [7, 11) is 0. The number of ether oxygens (including phenoxy) is 1. The summed E-state index contributed by atoms with van der Waals surface area (Å²) in [5.41, 5.74) is 6.78. The van der Waals surface area contributed by atoms with E-state index in [1.807, 2.05) is 24.3 Å². The topological polar surface area (TPSA) is 90.1 Å². The predicted octanol–water partition coefficient (Wildman–Crippen LogP) is 1.31. The number of carbonyl (C=O) groups is 1. The van der Waals surface area contributed by atoms with Crippen LogP contribution >= 0.6 is 0 Å². The van der Waals surface area contributed by atoms with Crippen LogP contribution in [0.2, 0.25) is 0 Å². The number of para-hydroxylation sites is 1. The monoisotopic (exact) mass is 270 g/mol. The lowest BCUT2D eigenvalue weighted by Crippen LogP contribution is -2.33. The van der Waals surface area contributed by atoms with Gasteiger partial charge < -0.3 is 15.8 Å². The summed E-state index contributed by atoms with van der Waals surface area (Å²) in [5.74, 6) is 0.610. The molecule has 0 bridgehead atoms. The Balaban J connectivity index is 1.83. The lowest BCUT2D eigenvalue weighted by molar-refractivity contribution is 0.0920. The summed E-state index contributed by atoms with van der Waals surface area (Å²) in [5, 5.41) is 2.93. The van der Waals surface area contributed by atoms with Gasteiger partial charge in [0, 0.05) is 24.4 Å². The first-order chi connectivity index (χ1) is 9.75. The van der Waals surface area contributed by atoms with Gasteiger partial charge in [-0.3, -0.25) is 4.79 Å². The molecule has 20 heavy (non-hydrogen) atoms. The van der Waals surface area contributed by atoms with Crippen molar-refractivity contribution in [3.8, 4) is 5.75 Å². The SMILES string of the molecule is Nc1nccnc1C(=O)N[C@@H]1CCOc2ccccc21. The summed E-state index contributed by atoms with van der Waals surface area (Å²) < 4.78 is 5.56. The van der Waals surface area contributed by atoms with Gasteiger partial charge in [-0.25, -0.2) is 9.97 Å². The highest BCUT2D eigenvalue weighted by atomic mass is 16.5. The molecule has 1 aliphatic heterocycles. The van der Waals surface area contributed by atoms with Gasteiger partial charge in [0.2, 0.25) is 0 Å². The lowest BCUT2D eigenvalue weighted by Gasteiger charge is -2.26. The summed E-state index contributed by atoms with van der Waals surface area (Å²) in [6.07, 6.45) is 3.61. The Morgan fingerprint density at radius 1 is 1.30 bits per heavy atom. The molecule has 0 unspecified atom stereocenters. The molecular weight excluding hydrogens is 256 g/mol. The van der Waals surface area contributed by atoms with Crippen LogP contribution in [0, 0.1) is 0 Å². The zero-order valence-electron chi connectivity index (χ0n) is 10.7. The molecule has 1 aliphatic rings. The summed E-state index contributed by atoms with van der Waals surface area (Å²) in [4.78, 5) is 20.0. The smallest absolute Gasteiger partial charge is 0.274 e. The molecule has 0 spiro atoms. The second kappa shape index (κ2) is 5.16. The van der Waals surface area contributed by atoms with Gasteiger partial charge in [-0.05, 0) is 6.07 Å². The summed E-state index contributed by atoms with van der Waals surface area (Å²) in [6.45, 7) is 0.567. The van der Waals surface area contributed by atoms with Gasteiger partial charge in [-0.1, -0.05) is 18.2 Å². The predicted molar refractivity (Wildman–Crippen MR) is 73.2 cm³/mol. The van der Waals surface area contributed by atoms with E-state index in [4.69, 9.17) is 10.5 Å². The zero-order chi connectivity index (χ0) is 13.9. The number of hydrogen-bond donors (Lipinski definition) is 2. The minimum atomic E-state index is -0.322. The number of hydrogen-bond acceptors (Lipinski definition) is 5. The number of aromatic nitrogens is 2. The molecule has 1 aromatic heterocycles. The number of nitrogens with one attached hydrogen (secondary N) is 1. The molecule has 1 aromatic carbocycles. The van der Waals surface area contributed by atoms with E-state index in [0.717, 1.165) is 11.3 Å². The standard InChI is InChI=1S/C14H14N4O2/c15-13-12(16-6-7-17-13)14(19)18-10-5-8-20-11-4-2-1-3-9(10)11/h1-4,6-7,10H,5,8H2,(H2,15,17)(H,18,19)/t10-/m1/s1. The molecule has 1 atom stereocenters. The van der Waals surface area contributed by atoms with Crippen molar-refractivity contribution in [1.82, 2.24) is 15.3 Å². The van der Waals surface area contributed by atoms with E-state index in [0.29, 0.717) is 13.0 Å². The van der Waals surface area contributed by atoms with Gasteiger partial charge in [0.05, 0.1) is 12.6 Å². The van der Waals surface area contributed by atoms with Crippen LogP contribution in [0.25, 0.3) is 0 Å². The van der Waals surface area contributed by atoms with Crippen LogP contribution in [0.4, 0.5) is 5.82 Å². The van der Waals surface area contributed by atoms with Gasteiger partial charge >= 0.3 is 0 Å². The van der Waals surface area contributed by atoms with Crippen molar-refractivity contribution in [3.05, 3.63) is 47.9 Å². The van der Waals surface area contributed by atoms with Crippen LogP contribution < -0.4 is 15.8 Å². The highest BCUT2D eigenvalue weighted by molar-refractivity contribution is 5.96. The molecule has 6 nitrogen and oxygen atoms in total. The van der Waals surface area contributed by atoms with E-state index >= 15 is 0 Å². The number of nitrogens with zero attached hydrogens (tertiary/aromatic N) is 2. The van der Waals surface area contributed by atoms with Crippen molar-refractivity contribution in [3.63, 3.8) is 0 Å². The molecule has 0 radical (unpaired) electrons. The number of amides is 1. The lowest BCUT2D eigenvalue weighted by atomic mass is 10.0. The average molecular weight is 270 g/mol. The van der Waals surface area contributed by atoms with Gasteiger partial charge in [-0.15, -0.1) is 0 Å². The maximum absolute atomic E-state index is 12.2. The molecule has 1 amide bonds. The Hall–Kier alpha value is -2.63. The largest absolute Gasteiger partial charge is 0.493 e. The Labute approximate surface area is 116 Å². The quantitative estimate of drug-likeness (QED) is 0.858. The maximum atomic E-state index is 12.2. The molecule has 0 saturated carbocycles. The third kappa shape index (κ3) is 2.27. The highest BCUT2D eigenvalue weighted by Crippen LogP contribution is 2.31. The van der Waals surface area contributed by atoms with Crippen molar-refractivity contribution < 1.29 is 9.53 Å². The van der Waals surface area contributed by atoms with E-state index in [1.165, 1.54) is 12.4 Å². The summed E-state index contributed by atoms with van der Waals surface area (Å²) >= 11 is 0. The van der Waals surface area contributed by atoms with Crippen LogP contribution in [-0.4, -0.2) is 22.5 Å². The van der Waals surface area contributed by atoms with Crippen LogP contribution in [0.1, 0.15) is 28.5 Å². The average Bonchev–Trinajstić information content (AvgIpc) is 2.48. The van der Waals surface area contributed by atoms with Crippen molar-refractivity contribution in [2.45, 2.75) is 12.5 Å². The second-order valence-corrected chi connectivity index (χ2v) is 4.49. The Morgan fingerprint density at radius 2 is 2.10 bits per heavy atom. The number of nitrogens with two attached hydrogens (primary N) is 1. The van der Waals surface area contributed by atoms with Gasteiger partial charge in [-0.2, -0.15) is 0 Å². The van der Waals surface area contributed by atoms with E-state index < -0.39 is 0 Å². The first-order valence-corrected chi connectivity index (χ1v) is 6.35. The molecule has 3 rings (SSSR count). The molecule has 2 heterocycles. The van der Waals surface area contributed by atoms with Crippen molar-refractivity contribution in [2.24, 2.45) is 0 Å². The highest BCUT2D eigenvalue weighted by Gasteiger charge is 2.24. The molecule has 0 saturated heterocycles. The minimum absolute atomic E-state index is 0.103. The summed E-state index contributed by atoms with van der Waals surface area (Å²) in [6, 6.07) is 7.56. The number of fused-ring (bicyclic) bond motifs is 1.